The average molecular weight is 335 g/mol. The van der Waals surface area contributed by atoms with E-state index in [1.807, 2.05) is 6.07 Å². The van der Waals surface area contributed by atoms with Gasteiger partial charge >= 0.3 is 0 Å². The largest absolute Gasteiger partial charge is 0.357 e. The van der Waals surface area contributed by atoms with E-state index >= 15 is 0 Å². The molecule has 0 bridgehead atoms. The van der Waals surface area contributed by atoms with Gasteiger partial charge in [0.25, 0.3) is 0 Å². The van der Waals surface area contributed by atoms with E-state index in [4.69, 9.17) is 5.26 Å². The van der Waals surface area contributed by atoms with Crippen molar-refractivity contribution in [3.05, 3.63) is 40.4 Å². The molecule has 8 heteroatoms. The SMILES string of the molecule is N#Cc1nnc(NC2CCN(Cc3ccc(F)c(F)c3)CC2)s1. The molecule has 0 unspecified atom stereocenters. The van der Waals surface area contributed by atoms with Gasteiger partial charge < -0.3 is 5.32 Å². The molecular weight excluding hydrogens is 320 g/mol. The summed E-state index contributed by atoms with van der Waals surface area (Å²) in [5, 5.41) is 20.7. The Hall–Kier alpha value is -2.11. The number of likely N-dealkylation sites (tertiary alicyclic amines) is 1. The molecule has 0 atom stereocenters. The molecule has 1 aliphatic rings. The molecule has 1 fully saturated rings. The quantitative estimate of drug-likeness (QED) is 0.931. The molecule has 1 aromatic heterocycles. The molecule has 0 amide bonds. The van der Waals surface area contributed by atoms with Crippen LogP contribution < -0.4 is 5.32 Å². The summed E-state index contributed by atoms with van der Waals surface area (Å²) in [6.45, 7) is 2.34. The minimum atomic E-state index is -0.814. The van der Waals surface area contributed by atoms with Gasteiger partial charge in [0.2, 0.25) is 10.1 Å². The summed E-state index contributed by atoms with van der Waals surface area (Å²) in [5.41, 5.74) is 0.776. The molecule has 0 radical (unpaired) electrons. The molecule has 120 valence electrons. The summed E-state index contributed by atoms with van der Waals surface area (Å²) < 4.78 is 26.2. The van der Waals surface area contributed by atoms with Crippen molar-refractivity contribution in [2.75, 3.05) is 18.4 Å². The summed E-state index contributed by atoms with van der Waals surface area (Å²) in [7, 11) is 0. The fraction of sp³-hybridized carbons (Fsp3) is 0.400. The summed E-state index contributed by atoms with van der Waals surface area (Å²) in [5.74, 6) is -1.62. The van der Waals surface area contributed by atoms with Crippen molar-refractivity contribution >= 4 is 16.5 Å². The smallest absolute Gasteiger partial charge is 0.219 e. The Bertz CT molecular complexity index is 719. The lowest BCUT2D eigenvalue weighted by molar-refractivity contribution is 0.211. The third-order valence-corrected chi connectivity index (χ3v) is 4.59. The van der Waals surface area contributed by atoms with Crippen molar-refractivity contribution < 1.29 is 8.78 Å². The van der Waals surface area contributed by atoms with Gasteiger partial charge in [0.05, 0.1) is 0 Å². The second-order valence-electron chi connectivity index (χ2n) is 5.47. The topological polar surface area (TPSA) is 64.8 Å². The van der Waals surface area contributed by atoms with E-state index in [2.05, 4.69) is 20.4 Å². The van der Waals surface area contributed by atoms with Gasteiger partial charge in [-0.15, -0.1) is 10.2 Å². The molecule has 1 aromatic carbocycles. The van der Waals surface area contributed by atoms with E-state index in [0.717, 1.165) is 31.5 Å². The number of nitriles is 1. The van der Waals surface area contributed by atoms with Gasteiger partial charge in [0.15, 0.2) is 11.6 Å². The zero-order valence-electron chi connectivity index (χ0n) is 12.3. The monoisotopic (exact) mass is 335 g/mol. The lowest BCUT2D eigenvalue weighted by Gasteiger charge is -2.32. The second kappa shape index (κ2) is 6.98. The average Bonchev–Trinajstić information content (AvgIpc) is 3.00. The maximum absolute atomic E-state index is 13.2. The van der Waals surface area contributed by atoms with Crippen molar-refractivity contribution in [1.29, 1.82) is 5.26 Å². The van der Waals surface area contributed by atoms with Gasteiger partial charge in [0.1, 0.15) is 6.07 Å². The number of hydrogen-bond acceptors (Lipinski definition) is 6. The Balaban J connectivity index is 1.50. The van der Waals surface area contributed by atoms with Crippen LogP contribution in [0.2, 0.25) is 0 Å². The number of nitrogens with zero attached hydrogens (tertiary/aromatic N) is 4. The van der Waals surface area contributed by atoms with E-state index in [0.29, 0.717) is 16.7 Å². The first-order valence-corrected chi connectivity index (χ1v) is 8.12. The lowest BCUT2D eigenvalue weighted by atomic mass is 10.0. The predicted octanol–water partition coefficient (Wildman–Crippen LogP) is 2.76. The van der Waals surface area contributed by atoms with Gasteiger partial charge in [-0.3, -0.25) is 4.90 Å². The fourth-order valence-corrected chi connectivity index (χ4v) is 3.25. The summed E-state index contributed by atoms with van der Waals surface area (Å²) in [6.07, 6.45) is 1.84. The fourth-order valence-electron chi connectivity index (χ4n) is 2.63. The zero-order chi connectivity index (χ0) is 16.2. The Labute approximate surface area is 136 Å². The maximum Gasteiger partial charge on any atom is 0.219 e. The highest BCUT2D eigenvalue weighted by Gasteiger charge is 2.20. The van der Waals surface area contributed by atoms with Crippen LogP contribution in [-0.4, -0.2) is 34.2 Å². The van der Waals surface area contributed by atoms with Crippen LogP contribution in [0.3, 0.4) is 0 Å². The number of anilines is 1. The molecule has 1 saturated heterocycles. The van der Waals surface area contributed by atoms with E-state index in [1.165, 1.54) is 23.5 Å². The Morgan fingerprint density at radius 3 is 2.70 bits per heavy atom. The van der Waals surface area contributed by atoms with E-state index in [9.17, 15) is 8.78 Å². The van der Waals surface area contributed by atoms with Crippen LogP contribution in [0.15, 0.2) is 18.2 Å². The third kappa shape index (κ3) is 4.00. The summed E-state index contributed by atoms with van der Waals surface area (Å²) in [4.78, 5) is 2.21. The molecular formula is C15H15F2N5S. The molecule has 2 heterocycles. The van der Waals surface area contributed by atoms with E-state index in [-0.39, 0.29) is 6.04 Å². The molecule has 1 N–H and O–H groups in total. The molecule has 0 aliphatic carbocycles. The van der Waals surface area contributed by atoms with Crippen molar-refractivity contribution in [2.24, 2.45) is 0 Å². The first-order valence-electron chi connectivity index (χ1n) is 7.30. The van der Waals surface area contributed by atoms with Crippen LogP contribution in [0.25, 0.3) is 0 Å². The highest BCUT2D eigenvalue weighted by molar-refractivity contribution is 7.15. The zero-order valence-corrected chi connectivity index (χ0v) is 13.1. The molecule has 5 nitrogen and oxygen atoms in total. The van der Waals surface area contributed by atoms with Crippen molar-refractivity contribution in [3.8, 4) is 6.07 Å². The molecule has 3 rings (SSSR count). The second-order valence-corrected chi connectivity index (χ2v) is 6.44. The first-order chi connectivity index (χ1) is 11.1. The Morgan fingerprint density at radius 2 is 2.04 bits per heavy atom. The van der Waals surface area contributed by atoms with Crippen LogP contribution in [0.4, 0.5) is 13.9 Å². The summed E-state index contributed by atoms with van der Waals surface area (Å²) in [6, 6.07) is 6.30. The van der Waals surface area contributed by atoms with Gasteiger partial charge in [-0.1, -0.05) is 17.4 Å². The normalized spacial score (nSPS) is 16.2. The van der Waals surface area contributed by atoms with Crippen LogP contribution >= 0.6 is 11.3 Å². The minimum Gasteiger partial charge on any atom is -0.357 e. The number of nitrogens with one attached hydrogen (secondary N) is 1. The van der Waals surface area contributed by atoms with E-state index < -0.39 is 11.6 Å². The van der Waals surface area contributed by atoms with Crippen LogP contribution in [0.5, 0.6) is 0 Å². The maximum atomic E-state index is 13.2. The number of piperidine rings is 1. The molecule has 0 saturated carbocycles. The standard InChI is InChI=1S/C15H15F2N5S/c16-12-2-1-10(7-13(12)17)9-22-5-3-11(4-6-22)19-15-21-20-14(8-18)23-15/h1-2,7,11H,3-6,9H2,(H,19,21). The van der Waals surface area contributed by atoms with Crippen LogP contribution in [-0.2, 0) is 6.54 Å². The van der Waals surface area contributed by atoms with Crippen molar-refractivity contribution in [1.82, 2.24) is 15.1 Å². The van der Waals surface area contributed by atoms with Crippen LogP contribution in [0.1, 0.15) is 23.4 Å². The summed E-state index contributed by atoms with van der Waals surface area (Å²) >= 11 is 1.25. The minimum absolute atomic E-state index is 0.288. The molecule has 1 aliphatic heterocycles. The number of hydrogen-bond donors (Lipinski definition) is 1. The predicted molar refractivity (Wildman–Crippen MR) is 82.9 cm³/mol. The Kier molecular flexibility index (Phi) is 4.79. The number of aromatic nitrogens is 2. The highest BCUT2D eigenvalue weighted by atomic mass is 32.1. The first kappa shape index (κ1) is 15.8. The number of halogens is 2. The lowest BCUT2D eigenvalue weighted by Crippen LogP contribution is -2.38. The molecule has 23 heavy (non-hydrogen) atoms. The number of rotatable bonds is 4. The van der Waals surface area contributed by atoms with Gasteiger partial charge in [-0.05, 0) is 30.5 Å². The van der Waals surface area contributed by atoms with Gasteiger partial charge in [-0.25, -0.2) is 8.78 Å². The molecule has 0 spiro atoms. The highest BCUT2D eigenvalue weighted by Crippen LogP contribution is 2.21. The molecule has 2 aromatic rings. The van der Waals surface area contributed by atoms with Gasteiger partial charge in [0, 0.05) is 25.7 Å². The Morgan fingerprint density at radius 1 is 1.26 bits per heavy atom. The number of benzene rings is 1. The third-order valence-electron chi connectivity index (χ3n) is 3.83. The van der Waals surface area contributed by atoms with Crippen molar-refractivity contribution in [2.45, 2.75) is 25.4 Å². The van der Waals surface area contributed by atoms with Crippen LogP contribution in [0, 0.1) is 23.0 Å². The van der Waals surface area contributed by atoms with Crippen molar-refractivity contribution in [3.63, 3.8) is 0 Å². The van der Waals surface area contributed by atoms with Gasteiger partial charge in [-0.2, -0.15) is 5.26 Å². The van der Waals surface area contributed by atoms with E-state index in [1.54, 1.807) is 6.07 Å².